The van der Waals surface area contributed by atoms with Crippen LogP contribution >= 0.6 is 12.2 Å². The van der Waals surface area contributed by atoms with E-state index >= 15 is 0 Å². The molecule has 3 N–H and O–H groups in total. The van der Waals surface area contributed by atoms with Crippen molar-refractivity contribution >= 4 is 28.9 Å². The number of halogens is 1. The van der Waals surface area contributed by atoms with Crippen molar-refractivity contribution in [3.8, 4) is 0 Å². The van der Waals surface area contributed by atoms with Gasteiger partial charge in [0.1, 0.15) is 5.82 Å². The van der Waals surface area contributed by atoms with Crippen LogP contribution in [0.3, 0.4) is 0 Å². The van der Waals surface area contributed by atoms with Gasteiger partial charge in [0.2, 0.25) is 5.91 Å². The Bertz CT molecular complexity index is 366. The van der Waals surface area contributed by atoms with Crippen molar-refractivity contribution in [2.24, 2.45) is 0 Å². The minimum Gasteiger partial charge on any atom is -0.331 e. The zero-order valence-electron chi connectivity index (χ0n) is 8.00. The van der Waals surface area contributed by atoms with E-state index in [0.717, 1.165) is 0 Å². The summed E-state index contributed by atoms with van der Waals surface area (Å²) in [5.74, 6) is -0.570. The summed E-state index contributed by atoms with van der Waals surface area (Å²) >= 11 is 4.86. The van der Waals surface area contributed by atoms with Crippen molar-refractivity contribution in [3.63, 3.8) is 0 Å². The van der Waals surface area contributed by atoms with Crippen LogP contribution in [0.15, 0.2) is 24.3 Å². The van der Waals surface area contributed by atoms with Crippen LogP contribution in [0, 0.1) is 5.82 Å². The number of hydrogen-bond donors (Lipinski definition) is 3. The maximum absolute atomic E-state index is 12.5. The maximum atomic E-state index is 12.5. The Labute approximate surface area is 91.8 Å². The van der Waals surface area contributed by atoms with Gasteiger partial charge in [-0.15, -0.1) is 0 Å². The number of carbonyl (C=O) groups is 1. The van der Waals surface area contributed by atoms with Crippen molar-refractivity contribution in [2.45, 2.75) is 6.92 Å². The van der Waals surface area contributed by atoms with E-state index in [9.17, 15) is 9.18 Å². The Hall–Kier alpha value is -1.69. The molecule has 4 nitrogen and oxygen atoms in total. The lowest BCUT2D eigenvalue weighted by molar-refractivity contribution is -0.119. The van der Waals surface area contributed by atoms with E-state index in [1.165, 1.54) is 31.2 Å². The van der Waals surface area contributed by atoms with E-state index in [0.29, 0.717) is 5.69 Å². The lowest BCUT2D eigenvalue weighted by atomic mass is 10.3. The van der Waals surface area contributed by atoms with E-state index < -0.39 is 0 Å². The summed E-state index contributed by atoms with van der Waals surface area (Å²) in [6.45, 7) is 1.35. The van der Waals surface area contributed by atoms with Gasteiger partial charge in [-0.05, 0) is 36.5 Å². The largest absolute Gasteiger partial charge is 0.331 e. The summed E-state index contributed by atoms with van der Waals surface area (Å²) in [6.07, 6.45) is 0. The van der Waals surface area contributed by atoms with Gasteiger partial charge in [0, 0.05) is 12.6 Å². The molecule has 0 radical (unpaired) electrons. The SMILES string of the molecule is CC(=O)NNC(=S)Nc1ccc(F)cc1. The standard InChI is InChI=1S/C9H10FN3OS/c1-6(14)12-13-9(15)11-8-4-2-7(10)3-5-8/h2-5H,1H3,(H,12,14)(H2,11,13,15). The minimum atomic E-state index is -0.318. The Balaban J connectivity index is 2.44. The predicted octanol–water partition coefficient (Wildman–Crippen LogP) is 1.16. The molecule has 0 spiro atoms. The monoisotopic (exact) mass is 227 g/mol. The average molecular weight is 227 g/mol. The molecule has 0 heterocycles. The molecule has 1 rings (SSSR count). The van der Waals surface area contributed by atoms with Gasteiger partial charge in [-0.1, -0.05) is 0 Å². The number of rotatable bonds is 1. The fourth-order valence-electron chi connectivity index (χ4n) is 0.840. The Morgan fingerprint density at radius 3 is 2.40 bits per heavy atom. The molecular formula is C9H10FN3OS. The zero-order valence-corrected chi connectivity index (χ0v) is 8.82. The topological polar surface area (TPSA) is 53.2 Å². The normalized spacial score (nSPS) is 9.20. The third-order valence-corrected chi connectivity index (χ3v) is 1.66. The highest BCUT2D eigenvalue weighted by atomic mass is 32.1. The van der Waals surface area contributed by atoms with Gasteiger partial charge in [-0.25, -0.2) is 4.39 Å². The van der Waals surface area contributed by atoms with E-state index in [1.54, 1.807) is 0 Å². The van der Waals surface area contributed by atoms with Crippen LogP contribution in [-0.4, -0.2) is 11.0 Å². The molecule has 0 fully saturated rings. The van der Waals surface area contributed by atoms with Crippen molar-refractivity contribution < 1.29 is 9.18 Å². The van der Waals surface area contributed by atoms with Crippen LogP contribution in [-0.2, 0) is 4.79 Å². The molecule has 0 aliphatic heterocycles. The summed E-state index contributed by atoms with van der Waals surface area (Å²) in [5.41, 5.74) is 5.42. The first-order valence-electron chi connectivity index (χ1n) is 4.17. The summed E-state index contributed by atoms with van der Waals surface area (Å²) in [5, 5.41) is 3.00. The van der Waals surface area contributed by atoms with Crippen molar-refractivity contribution in [3.05, 3.63) is 30.1 Å². The molecule has 6 heteroatoms. The van der Waals surface area contributed by atoms with Gasteiger partial charge in [0.05, 0.1) is 0 Å². The minimum absolute atomic E-state index is 0.233. The first kappa shape index (κ1) is 11.4. The predicted molar refractivity (Wildman–Crippen MR) is 59.6 cm³/mol. The van der Waals surface area contributed by atoms with E-state index in [1.807, 2.05) is 0 Å². The molecule has 1 aromatic rings. The maximum Gasteiger partial charge on any atom is 0.235 e. The molecule has 0 saturated carbocycles. The second-order valence-electron chi connectivity index (χ2n) is 2.77. The van der Waals surface area contributed by atoms with Gasteiger partial charge < -0.3 is 5.32 Å². The van der Waals surface area contributed by atoms with Gasteiger partial charge in [-0.2, -0.15) is 0 Å². The molecular weight excluding hydrogens is 217 g/mol. The molecule has 0 bridgehead atoms. The molecule has 0 aromatic heterocycles. The molecule has 1 aromatic carbocycles. The van der Waals surface area contributed by atoms with E-state index in [-0.39, 0.29) is 16.8 Å². The van der Waals surface area contributed by atoms with Gasteiger partial charge in [0.15, 0.2) is 5.11 Å². The number of benzene rings is 1. The van der Waals surface area contributed by atoms with Gasteiger partial charge >= 0.3 is 0 Å². The van der Waals surface area contributed by atoms with Crippen molar-refractivity contribution in [1.82, 2.24) is 10.9 Å². The quantitative estimate of drug-likeness (QED) is 0.498. The summed E-state index contributed by atoms with van der Waals surface area (Å²) in [6, 6.07) is 5.70. The van der Waals surface area contributed by atoms with Gasteiger partial charge in [0.25, 0.3) is 0 Å². The average Bonchev–Trinajstić information content (AvgIpc) is 2.19. The second-order valence-corrected chi connectivity index (χ2v) is 3.18. The molecule has 80 valence electrons. The lowest BCUT2D eigenvalue weighted by Gasteiger charge is -2.09. The Morgan fingerprint density at radius 1 is 1.27 bits per heavy atom. The Kier molecular flexibility index (Phi) is 3.99. The second kappa shape index (κ2) is 5.26. The molecule has 1 amide bonds. The van der Waals surface area contributed by atoms with Crippen LogP contribution in [0.1, 0.15) is 6.92 Å². The zero-order chi connectivity index (χ0) is 11.3. The summed E-state index contributed by atoms with van der Waals surface area (Å²) in [4.78, 5) is 10.5. The molecule has 0 aliphatic carbocycles. The number of nitrogens with one attached hydrogen (secondary N) is 3. The fraction of sp³-hybridized carbons (Fsp3) is 0.111. The lowest BCUT2D eigenvalue weighted by Crippen LogP contribution is -2.42. The van der Waals surface area contributed by atoms with Crippen LogP contribution in [0.4, 0.5) is 10.1 Å². The van der Waals surface area contributed by atoms with Crippen LogP contribution < -0.4 is 16.2 Å². The first-order valence-corrected chi connectivity index (χ1v) is 4.58. The number of amides is 1. The third kappa shape index (κ3) is 4.37. The van der Waals surface area contributed by atoms with Crippen molar-refractivity contribution in [1.29, 1.82) is 0 Å². The highest BCUT2D eigenvalue weighted by molar-refractivity contribution is 7.80. The highest BCUT2D eigenvalue weighted by Crippen LogP contribution is 2.07. The summed E-state index contributed by atoms with van der Waals surface area (Å²) in [7, 11) is 0. The number of thiocarbonyl (C=S) groups is 1. The molecule has 0 aliphatic rings. The number of hydrogen-bond acceptors (Lipinski definition) is 2. The van der Waals surface area contributed by atoms with Gasteiger partial charge in [-0.3, -0.25) is 15.6 Å². The smallest absolute Gasteiger partial charge is 0.235 e. The Morgan fingerprint density at radius 2 is 1.87 bits per heavy atom. The highest BCUT2D eigenvalue weighted by Gasteiger charge is 1.97. The fourth-order valence-corrected chi connectivity index (χ4v) is 1.01. The van der Waals surface area contributed by atoms with Crippen LogP contribution in [0.25, 0.3) is 0 Å². The molecule has 15 heavy (non-hydrogen) atoms. The molecule has 0 unspecified atom stereocenters. The molecule has 0 atom stereocenters. The van der Waals surface area contributed by atoms with E-state index in [4.69, 9.17) is 12.2 Å². The van der Waals surface area contributed by atoms with E-state index in [2.05, 4.69) is 16.2 Å². The summed E-state index contributed by atoms with van der Waals surface area (Å²) < 4.78 is 12.5. The first-order chi connectivity index (χ1) is 7.08. The van der Waals surface area contributed by atoms with Crippen LogP contribution in [0.2, 0.25) is 0 Å². The number of carbonyl (C=O) groups excluding carboxylic acids is 1. The molecule has 0 saturated heterocycles. The van der Waals surface area contributed by atoms with Crippen LogP contribution in [0.5, 0.6) is 0 Å². The third-order valence-electron chi connectivity index (χ3n) is 1.45. The number of hydrazine groups is 1. The van der Waals surface area contributed by atoms with Crippen molar-refractivity contribution in [2.75, 3.05) is 5.32 Å². The number of anilines is 1.